The molecule has 1 fully saturated rings. The summed E-state index contributed by atoms with van der Waals surface area (Å²) in [7, 11) is 0. The fourth-order valence-electron chi connectivity index (χ4n) is 3.29. The maximum Gasteiger partial charge on any atom is 0.301 e. The van der Waals surface area contributed by atoms with Crippen molar-refractivity contribution in [1.29, 1.82) is 0 Å². The summed E-state index contributed by atoms with van der Waals surface area (Å²) >= 11 is 6.11. The normalized spacial score (nSPS) is 18.4. The lowest BCUT2D eigenvalue weighted by Crippen LogP contribution is -2.29. The van der Waals surface area contributed by atoms with Gasteiger partial charge in [-0.1, -0.05) is 28.9 Å². The molecule has 6 nitrogen and oxygen atoms in total. The number of nitrogens with zero attached hydrogens (tertiary/aromatic N) is 2. The van der Waals surface area contributed by atoms with Gasteiger partial charge in [0.2, 0.25) is 0 Å². The summed E-state index contributed by atoms with van der Waals surface area (Å²) in [5.74, 6) is -2.09. The van der Waals surface area contributed by atoms with Crippen LogP contribution in [-0.2, 0) is 9.59 Å². The highest BCUT2D eigenvalue weighted by Gasteiger charge is 2.48. The van der Waals surface area contributed by atoms with Gasteiger partial charge in [-0.2, -0.15) is 0 Å². The van der Waals surface area contributed by atoms with Crippen LogP contribution in [0.1, 0.15) is 22.9 Å². The van der Waals surface area contributed by atoms with Gasteiger partial charge >= 0.3 is 5.91 Å². The van der Waals surface area contributed by atoms with Gasteiger partial charge in [-0.25, -0.2) is 4.39 Å². The summed E-state index contributed by atoms with van der Waals surface area (Å²) in [6.45, 7) is 1.65. The number of Topliss-reactive ketones (excluding diaryl/α,β-unsaturated/α-hetero) is 1. The van der Waals surface area contributed by atoms with Crippen molar-refractivity contribution in [2.24, 2.45) is 0 Å². The lowest BCUT2D eigenvalue weighted by atomic mass is 9.95. The number of carbonyl (C=O) groups excluding carboxylic acids is 2. The molecule has 0 bridgehead atoms. The van der Waals surface area contributed by atoms with Gasteiger partial charge in [0.15, 0.2) is 5.82 Å². The van der Waals surface area contributed by atoms with Crippen LogP contribution in [-0.4, -0.2) is 22.0 Å². The van der Waals surface area contributed by atoms with Crippen LogP contribution in [0.15, 0.2) is 64.7 Å². The zero-order valence-corrected chi connectivity index (χ0v) is 15.9. The van der Waals surface area contributed by atoms with Crippen LogP contribution in [0.5, 0.6) is 0 Å². The topological polar surface area (TPSA) is 83.6 Å². The van der Waals surface area contributed by atoms with Gasteiger partial charge in [0.1, 0.15) is 17.3 Å². The van der Waals surface area contributed by atoms with Crippen molar-refractivity contribution < 1.29 is 23.6 Å². The van der Waals surface area contributed by atoms with E-state index in [1.807, 2.05) is 0 Å². The molecule has 1 saturated heterocycles. The van der Waals surface area contributed by atoms with Crippen molar-refractivity contribution in [1.82, 2.24) is 5.16 Å². The largest absolute Gasteiger partial charge is 0.507 e. The van der Waals surface area contributed by atoms with Crippen LogP contribution in [0.25, 0.3) is 5.76 Å². The van der Waals surface area contributed by atoms with Gasteiger partial charge in [0, 0.05) is 16.7 Å². The highest BCUT2D eigenvalue weighted by atomic mass is 35.5. The number of amides is 1. The molecule has 1 aliphatic heterocycles. The van der Waals surface area contributed by atoms with Gasteiger partial charge < -0.3 is 9.63 Å². The van der Waals surface area contributed by atoms with Crippen LogP contribution in [0.2, 0.25) is 5.02 Å². The van der Waals surface area contributed by atoms with Crippen molar-refractivity contribution in [3.8, 4) is 0 Å². The summed E-state index contributed by atoms with van der Waals surface area (Å²) < 4.78 is 18.3. The summed E-state index contributed by atoms with van der Waals surface area (Å²) in [5.41, 5.74) is 0.554. The van der Waals surface area contributed by atoms with Gasteiger partial charge in [-0.05, 0) is 48.9 Å². The molecular weight excluding hydrogens is 399 g/mol. The van der Waals surface area contributed by atoms with Crippen LogP contribution < -0.4 is 4.90 Å². The van der Waals surface area contributed by atoms with E-state index in [0.29, 0.717) is 16.3 Å². The minimum Gasteiger partial charge on any atom is -0.507 e. The molecule has 0 spiro atoms. The number of aryl methyl sites for hydroxylation is 1. The molecule has 3 aromatic rings. The van der Waals surface area contributed by atoms with E-state index >= 15 is 0 Å². The molecule has 2 aromatic carbocycles. The smallest absolute Gasteiger partial charge is 0.301 e. The monoisotopic (exact) mass is 412 g/mol. The number of ketones is 1. The number of hydrogen-bond donors (Lipinski definition) is 1. The van der Waals surface area contributed by atoms with Crippen LogP contribution in [0.4, 0.5) is 10.2 Å². The third kappa shape index (κ3) is 3.30. The first kappa shape index (κ1) is 18.9. The van der Waals surface area contributed by atoms with Crippen LogP contribution in [0.3, 0.4) is 0 Å². The molecule has 1 aromatic heterocycles. The molecule has 1 aliphatic rings. The Bertz CT molecular complexity index is 1150. The van der Waals surface area contributed by atoms with Crippen molar-refractivity contribution in [2.45, 2.75) is 13.0 Å². The Labute approximate surface area is 169 Å². The number of hydrogen-bond acceptors (Lipinski definition) is 5. The molecule has 4 rings (SSSR count). The summed E-state index contributed by atoms with van der Waals surface area (Å²) in [6, 6.07) is 12.1. The Balaban J connectivity index is 1.95. The molecule has 1 atom stereocenters. The summed E-state index contributed by atoms with van der Waals surface area (Å²) in [5, 5.41) is 15.1. The number of anilines is 1. The fourth-order valence-corrected chi connectivity index (χ4v) is 3.49. The minimum atomic E-state index is -0.983. The highest BCUT2D eigenvalue weighted by molar-refractivity contribution is 6.51. The number of carbonyl (C=O) groups is 2. The van der Waals surface area contributed by atoms with E-state index in [9.17, 15) is 19.1 Å². The van der Waals surface area contributed by atoms with E-state index < -0.39 is 29.3 Å². The molecule has 8 heteroatoms. The number of rotatable bonds is 3. The number of aliphatic hydroxyl groups excluding tert-OH is 1. The maximum absolute atomic E-state index is 13.3. The van der Waals surface area contributed by atoms with Gasteiger partial charge in [0.25, 0.3) is 5.78 Å². The standard InChI is InChI=1S/C21H14ClFN2O4/c1-11-9-16(24-29-11)25-18(13-3-2-4-14(22)10-13)17(20(27)21(25)28)19(26)12-5-7-15(23)8-6-12/h2-10,18,26H,1H3/b19-17+. The predicted octanol–water partition coefficient (Wildman–Crippen LogP) is 4.40. The van der Waals surface area contributed by atoms with E-state index in [0.717, 1.165) is 17.0 Å². The molecule has 0 radical (unpaired) electrons. The van der Waals surface area contributed by atoms with Gasteiger partial charge in [-0.15, -0.1) is 0 Å². The van der Waals surface area contributed by atoms with E-state index in [4.69, 9.17) is 16.1 Å². The highest BCUT2D eigenvalue weighted by Crippen LogP contribution is 2.42. The Morgan fingerprint density at radius 2 is 1.90 bits per heavy atom. The molecule has 1 unspecified atom stereocenters. The SMILES string of the molecule is Cc1cc(N2C(=O)C(=O)/C(=C(/O)c3ccc(F)cc3)C2c2cccc(Cl)c2)no1. The Hall–Kier alpha value is -3.45. The van der Waals surface area contributed by atoms with Crippen molar-refractivity contribution in [3.05, 3.63) is 87.9 Å². The quantitative estimate of drug-likeness (QED) is 0.391. The minimum absolute atomic E-state index is 0.132. The van der Waals surface area contributed by atoms with Gasteiger partial charge in [0.05, 0.1) is 11.6 Å². The van der Waals surface area contributed by atoms with Crippen molar-refractivity contribution in [2.75, 3.05) is 4.90 Å². The van der Waals surface area contributed by atoms with E-state index in [2.05, 4.69) is 5.16 Å². The second-order valence-electron chi connectivity index (χ2n) is 6.53. The first-order valence-corrected chi connectivity index (χ1v) is 9.00. The molecular formula is C21H14ClFN2O4. The molecule has 146 valence electrons. The zero-order valence-electron chi connectivity index (χ0n) is 15.1. The third-order valence-electron chi connectivity index (χ3n) is 4.59. The van der Waals surface area contributed by atoms with Crippen molar-refractivity contribution >= 4 is 34.9 Å². The van der Waals surface area contributed by atoms with E-state index in [1.165, 1.54) is 18.2 Å². The second-order valence-corrected chi connectivity index (χ2v) is 6.96. The fraction of sp³-hybridized carbons (Fsp3) is 0.0952. The Morgan fingerprint density at radius 1 is 1.17 bits per heavy atom. The lowest BCUT2D eigenvalue weighted by molar-refractivity contribution is -0.132. The molecule has 1 N–H and O–H groups in total. The van der Waals surface area contributed by atoms with E-state index in [1.54, 1.807) is 31.2 Å². The first-order valence-electron chi connectivity index (χ1n) is 8.62. The third-order valence-corrected chi connectivity index (χ3v) is 4.82. The number of halogens is 2. The van der Waals surface area contributed by atoms with Gasteiger partial charge in [-0.3, -0.25) is 14.5 Å². The van der Waals surface area contributed by atoms with Crippen molar-refractivity contribution in [3.63, 3.8) is 0 Å². The zero-order chi connectivity index (χ0) is 20.7. The molecule has 1 amide bonds. The summed E-state index contributed by atoms with van der Waals surface area (Å²) in [6.07, 6.45) is 0. The maximum atomic E-state index is 13.3. The second kappa shape index (κ2) is 7.18. The molecule has 0 aliphatic carbocycles. The first-order chi connectivity index (χ1) is 13.9. The number of aromatic nitrogens is 1. The Kier molecular flexibility index (Phi) is 4.68. The average molecular weight is 413 g/mol. The van der Waals surface area contributed by atoms with Crippen LogP contribution in [0, 0.1) is 12.7 Å². The number of benzene rings is 2. The summed E-state index contributed by atoms with van der Waals surface area (Å²) in [4.78, 5) is 26.9. The lowest BCUT2D eigenvalue weighted by Gasteiger charge is -2.23. The predicted molar refractivity (Wildman–Crippen MR) is 104 cm³/mol. The van der Waals surface area contributed by atoms with E-state index in [-0.39, 0.29) is 17.0 Å². The molecule has 0 saturated carbocycles. The average Bonchev–Trinajstić information content (AvgIpc) is 3.23. The number of aliphatic hydroxyl groups is 1. The molecule has 2 heterocycles. The molecule has 29 heavy (non-hydrogen) atoms. The Morgan fingerprint density at radius 3 is 2.52 bits per heavy atom. The van der Waals surface area contributed by atoms with Crippen LogP contribution >= 0.6 is 11.6 Å².